The Morgan fingerprint density at radius 1 is 1.23 bits per heavy atom. The van der Waals surface area contributed by atoms with Crippen molar-refractivity contribution in [2.24, 2.45) is 0 Å². The first-order valence-electron chi connectivity index (χ1n) is 4.20. The van der Waals surface area contributed by atoms with E-state index in [0.717, 1.165) is 0 Å². The fourth-order valence-corrected chi connectivity index (χ4v) is 1.01. The summed E-state index contributed by atoms with van der Waals surface area (Å²) < 4.78 is 0. The van der Waals surface area contributed by atoms with E-state index in [0.29, 0.717) is 0 Å². The van der Waals surface area contributed by atoms with E-state index in [1.54, 1.807) is 0 Å². The Labute approximate surface area is 93.3 Å². The van der Waals surface area contributed by atoms with Crippen molar-refractivity contribution in [3.8, 4) is 0 Å². The van der Waals surface area contributed by atoms with Crippen LogP contribution in [0.3, 0.4) is 0 Å². The van der Waals surface area contributed by atoms with Crippen molar-refractivity contribution in [2.45, 2.75) is 19.4 Å². The van der Waals surface area contributed by atoms with Gasteiger partial charge in [0.25, 0.3) is 0 Å². The van der Waals surface area contributed by atoms with Crippen molar-refractivity contribution in [1.82, 2.24) is 4.90 Å². The van der Waals surface area contributed by atoms with E-state index in [2.05, 4.69) is 51.0 Å². The molecule has 1 nitrogen and oxygen atoms in total. The first-order chi connectivity index (χ1) is 5.55. The van der Waals surface area contributed by atoms with Crippen molar-refractivity contribution in [1.29, 1.82) is 0 Å². The molecule has 0 atom stereocenters. The van der Waals surface area contributed by atoms with Crippen LogP contribution < -0.4 is 18.9 Å². The molecular formula is C11H16LiN. The van der Waals surface area contributed by atoms with Crippen LogP contribution in [0.25, 0.3) is 0 Å². The number of hydrogen-bond acceptors (Lipinski definition) is 1. The Kier molecular flexibility index (Phi) is 4.78. The molecular weight excluding hydrogens is 153 g/mol. The van der Waals surface area contributed by atoms with Crippen LogP contribution in [0.5, 0.6) is 0 Å². The Balaban J connectivity index is 0.00000144. The summed E-state index contributed by atoms with van der Waals surface area (Å²) in [5.41, 5.74) is 1.30. The third kappa shape index (κ3) is 2.88. The Bertz CT molecular complexity index is 242. The molecule has 0 fully saturated rings. The van der Waals surface area contributed by atoms with Gasteiger partial charge in [-0.05, 0) is 27.9 Å². The molecule has 0 N–H and O–H groups in total. The van der Waals surface area contributed by atoms with E-state index in [-0.39, 0.29) is 24.4 Å². The van der Waals surface area contributed by atoms with Crippen LogP contribution in [0, 0.1) is 6.07 Å². The van der Waals surface area contributed by atoms with Gasteiger partial charge in [0.1, 0.15) is 0 Å². The molecule has 0 spiro atoms. The zero-order chi connectivity index (χ0) is 9.19. The minimum Gasteiger partial charge on any atom is -0.302 e. The van der Waals surface area contributed by atoms with Crippen LogP contribution in [0.1, 0.15) is 19.4 Å². The summed E-state index contributed by atoms with van der Waals surface area (Å²) in [7, 11) is 4.17. The molecule has 0 saturated carbocycles. The topological polar surface area (TPSA) is 3.24 Å². The molecule has 0 aliphatic carbocycles. The second-order valence-electron chi connectivity index (χ2n) is 3.73. The molecule has 0 bridgehead atoms. The van der Waals surface area contributed by atoms with Gasteiger partial charge < -0.3 is 4.90 Å². The van der Waals surface area contributed by atoms with E-state index in [9.17, 15) is 0 Å². The molecule has 2 heteroatoms. The zero-order valence-electron chi connectivity index (χ0n) is 9.26. The van der Waals surface area contributed by atoms with Crippen molar-refractivity contribution in [3.63, 3.8) is 0 Å². The molecule has 0 aromatic heterocycles. The predicted molar refractivity (Wildman–Crippen MR) is 52.0 cm³/mol. The van der Waals surface area contributed by atoms with E-state index < -0.39 is 0 Å². The molecule has 66 valence electrons. The smallest absolute Gasteiger partial charge is 0.302 e. The standard InChI is InChI=1S/C11H16N.Li/c1-11(2,12(3)4)10-8-6-5-7-9-10;/h5-8H,1-4H3;/q-1;+1. The summed E-state index contributed by atoms with van der Waals surface area (Å²) in [5.74, 6) is 0. The normalized spacial score (nSPS) is 11.2. The predicted octanol–water partition coefficient (Wildman–Crippen LogP) is -0.713. The van der Waals surface area contributed by atoms with Crippen LogP contribution in [-0.4, -0.2) is 19.0 Å². The minimum atomic E-state index is 0. The van der Waals surface area contributed by atoms with Crippen molar-refractivity contribution in [2.75, 3.05) is 14.1 Å². The molecule has 0 radical (unpaired) electrons. The zero-order valence-corrected chi connectivity index (χ0v) is 9.26. The van der Waals surface area contributed by atoms with Gasteiger partial charge in [0.2, 0.25) is 0 Å². The van der Waals surface area contributed by atoms with Gasteiger partial charge in [0.15, 0.2) is 0 Å². The largest absolute Gasteiger partial charge is 1.00 e. The van der Waals surface area contributed by atoms with Gasteiger partial charge in [-0.25, -0.2) is 0 Å². The fraction of sp³-hybridized carbons (Fsp3) is 0.455. The Hall–Kier alpha value is -0.223. The van der Waals surface area contributed by atoms with Crippen molar-refractivity contribution < 1.29 is 18.9 Å². The average molecular weight is 169 g/mol. The summed E-state index contributed by atoms with van der Waals surface area (Å²) in [4.78, 5) is 2.19. The Morgan fingerprint density at radius 2 is 1.85 bits per heavy atom. The number of benzene rings is 1. The quantitative estimate of drug-likeness (QED) is 0.417. The molecule has 0 aliphatic rings. The number of rotatable bonds is 2. The average Bonchev–Trinajstić information content (AvgIpc) is 2.06. The minimum absolute atomic E-state index is 0. The third-order valence-electron chi connectivity index (χ3n) is 2.49. The molecule has 0 aliphatic heterocycles. The van der Waals surface area contributed by atoms with Crippen molar-refractivity contribution >= 4 is 0 Å². The molecule has 13 heavy (non-hydrogen) atoms. The summed E-state index contributed by atoms with van der Waals surface area (Å²) in [6.45, 7) is 4.39. The van der Waals surface area contributed by atoms with Crippen LogP contribution in [0.4, 0.5) is 0 Å². The molecule has 0 unspecified atom stereocenters. The second kappa shape index (κ2) is 4.86. The van der Waals surface area contributed by atoms with Crippen molar-refractivity contribution in [3.05, 3.63) is 35.9 Å². The third-order valence-corrected chi connectivity index (χ3v) is 2.49. The SMILES string of the molecule is CN(C)C(C)(C)c1[c-]cccc1.[Li+]. The molecule has 1 rings (SSSR count). The van der Waals surface area contributed by atoms with Gasteiger partial charge in [-0.3, -0.25) is 0 Å². The van der Waals surface area contributed by atoms with Gasteiger partial charge in [-0.1, -0.05) is 0 Å². The summed E-state index contributed by atoms with van der Waals surface area (Å²) in [6, 6.07) is 11.4. The number of hydrogen-bond donors (Lipinski definition) is 0. The van der Waals surface area contributed by atoms with E-state index in [1.165, 1.54) is 5.56 Å². The number of nitrogens with zero attached hydrogens (tertiary/aromatic N) is 1. The summed E-state index contributed by atoms with van der Waals surface area (Å²) >= 11 is 0. The maximum Gasteiger partial charge on any atom is 1.00 e. The molecule has 1 aromatic carbocycles. The van der Waals surface area contributed by atoms with Crippen LogP contribution in [0.2, 0.25) is 0 Å². The van der Waals surface area contributed by atoms with Crippen LogP contribution in [0.15, 0.2) is 24.3 Å². The maximum atomic E-state index is 3.25. The van der Waals surface area contributed by atoms with Crippen LogP contribution >= 0.6 is 0 Å². The van der Waals surface area contributed by atoms with Gasteiger partial charge in [0, 0.05) is 5.54 Å². The maximum absolute atomic E-state index is 3.25. The monoisotopic (exact) mass is 169 g/mol. The van der Waals surface area contributed by atoms with E-state index in [4.69, 9.17) is 0 Å². The molecule has 0 amide bonds. The van der Waals surface area contributed by atoms with Gasteiger partial charge >= 0.3 is 18.9 Å². The fourth-order valence-electron chi connectivity index (χ4n) is 1.01. The summed E-state index contributed by atoms with van der Waals surface area (Å²) in [5, 5.41) is 0. The van der Waals surface area contributed by atoms with E-state index >= 15 is 0 Å². The summed E-state index contributed by atoms with van der Waals surface area (Å²) in [6.07, 6.45) is 0. The molecule has 1 aromatic rings. The second-order valence-corrected chi connectivity index (χ2v) is 3.73. The first-order valence-corrected chi connectivity index (χ1v) is 4.20. The van der Waals surface area contributed by atoms with Gasteiger partial charge in [-0.2, -0.15) is 30.3 Å². The molecule has 0 saturated heterocycles. The molecule has 0 heterocycles. The Morgan fingerprint density at radius 3 is 2.23 bits per heavy atom. The van der Waals surface area contributed by atoms with Gasteiger partial charge in [-0.15, -0.1) is 5.56 Å². The van der Waals surface area contributed by atoms with Gasteiger partial charge in [0.05, 0.1) is 0 Å². The van der Waals surface area contributed by atoms with E-state index in [1.807, 2.05) is 12.1 Å². The first kappa shape index (κ1) is 12.8. The van der Waals surface area contributed by atoms with Crippen LogP contribution in [-0.2, 0) is 5.54 Å².